The zero-order chi connectivity index (χ0) is 15.2. The fraction of sp³-hybridized carbons (Fsp3) is 0.333. The minimum Gasteiger partial charge on any atom is -0.337 e. The monoisotopic (exact) mass is 285 g/mol. The van der Waals surface area contributed by atoms with Gasteiger partial charge in [-0.25, -0.2) is 14.8 Å². The molecule has 2 aromatic heterocycles. The first-order chi connectivity index (χ1) is 10.1. The topological polar surface area (TPSA) is 79.8 Å². The van der Waals surface area contributed by atoms with Gasteiger partial charge in [-0.15, -0.1) is 0 Å². The number of carbonyl (C=O) groups excluding carboxylic acids is 1. The molecule has 0 spiro atoms. The van der Waals surface area contributed by atoms with Gasteiger partial charge in [0.05, 0.1) is 0 Å². The minimum atomic E-state index is -0.261. The molecule has 6 heteroatoms. The van der Waals surface area contributed by atoms with Gasteiger partial charge in [-0.3, -0.25) is 10.3 Å². The molecule has 2 rings (SSSR count). The molecule has 0 radical (unpaired) electrons. The highest BCUT2D eigenvalue weighted by molar-refractivity contribution is 5.88. The zero-order valence-corrected chi connectivity index (χ0v) is 12.5. The van der Waals surface area contributed by atoms with Crippen molar-refractivity contribution in [1.82, 2.24) is 20.3 Å². The first-order valence-electron chi connectivity index (χ1n) is 6.81. The summed E-state index contributed by atoms with van der Waals surface area (Å²) in [4.78, 5) is 24.2. The Labute approximate surface area is 124 Å². The van der Waals surface area contributed by atoms with Gasteiger partial charge >= 0.3 is 6.03 Å². The van der Waals surface area contributed by atoms with Crippen LogP contribution in [0.1, 0.15) is 22.5 Å². The molecule has 0 saturated carbocycles. The van der Waals surface area contributed by atoms with E-state index in [1.807, 2.05) is 26.1 Å². The van der Waals surface area contributed by atoms with Crippen LogP contribution in [0.25, 0.3) is 0 Å². The lowest BCUT2D eigenvalue weighted by atomic mass is 10.1. The Bertz CT molecular complexity index is 642. The van der Waals surface area contributed by atoms with Gasteiger partial charge in [0.15, 0.2) is 0 Å². The number of anilines is 1. The van der Waals surface area contributed by atoms with Crippen LogP contribution < -0.4 is 10.6 Å². The van der Waals surface area contributed by atoms with Crippen LogP contribution in [0.3, 0.4) is 0 Å². The molecule has 2 aromatic rings. The standard InChI is InChI=1S/C15H19N5O/c1-10-8-16-6-4-13(10)5-7-17-15(21)20-14-11(2)9-18-12(3)19-14/h4,6,8-9H,5,7H2,1-3H3,(H2,17,18,19,20,21). The number of pyridine rings is 1. The summed E-state index contributed by atoms with van der Waals surface area (Å²) in [6.45, 7) is 6.21. The summed E-state index contributed by atoms with van der Waals surface area (Å²) >= 11 is 0. The Morgan fingerprint density at radius 1 is 1.19 bits per heavy atom. The van der Waals surface area contributed by atoms with E-state index in [9.17, 15) is 4.79 Å². The second-order valence-corrected chi connectivity index (χ2v) is 4.88. The molecular weight excluding hydrogens is 266 g/mol. The second kappa shape index (κ2) is 6.78. The van der Waals surface area contributed by atoms with Crippen LogP contribution in [0.2, 0.25) is 0 Å². The van der Waals surface area contributed by atoms with E-state index in [-0.39, 0.29) is 6.03 Å². The molecule has 2 amide bonds. The Kier molecular flexibility index (Phi) is 4.81. The van der Waals surface area contributed by atoms with Gasteiger partial charge in [-0.1, -0.05) is 0 Å². The Balaban J connectivity index is 1.85. The van der Waals surface area contributed by atoms with Gasteiger partial charge in [0.2, 0.25) is 0 Å². The lowest BCUT2D eigenvalue weighted by Crippen LogP contribution is -2.31. The number of rotatable bonds is 4. The SMILES string of the molecule is Cc1ncc(C)c(NC(=O)NCCc2ccncc2C)n1. The van der Waals surface area contributed by atoms with E-state index in [0.29, 0.717) is 18.2 Å². The Morgan fingerprint density at radius 3 is 2.76 bits per heavy atom. The Hall–Kier alpha value is -2.50. The molecule has 0 atom stereocenters. The maximum absolute atomic E-state index is 11.9. The number of carbonyl (C=O) groups is 1. The van der Waals surface area contributed by atoms with E-state index in [1.54, 1.807) is 19.3 Å². The third-order valence-electron chi connectivity index (χ3n) is 3.14. The largest absolute Gasteiger partial charge is 0.337 e. The molecule has 0 saturated heterocycles. The molecule has 6 nitrogen and oxygen atoms in total. The van der Waals surface area contributed by atoms with Gasteiger partial charge in [0.25, 0.3) is 0 Å². The molecule has 2 heterocycles. The lowest BCUT2D eigenvalue weighted by molar-refractivity contribution is 0.252. The van der Waals surface area contributed by atoms with Crippen LogP contribution in [0, 0.1) is 20.8 Å². The molecule has 0 unspecified atom stereocenters. The number of nitrogens with zero attached hydrogens (tertiary/aromatic N) is 3. The molecular formula is C15H19N5O. The molecule has 0 aliphatic heterocycles. The van der Waals surface area contributed by atoms with Crippen molar-refractivity contribution in [2.45, 2.75) is 27.2 Å². The molecule has 0 aliphatic carbocycles. The number of hydrogen-bond acceptors (Lipinski definition) is 4. The van der Waals surface area contributed by atoms with Crippen LogP contribution >= 0.6 is 0 Å². The van der Waals surface area contributed by atoms with E-state index in [4.69, 9.17) is 0 Å². The van der Waals surface area contributed by atoms with E-state index in [2.05, 4.69) is 25.6 Å². The van der Waals surface area contributed by atoms with Crippen LogP contribution in [0.15, 0.2) is 24.7 Å². The first kappa shape index (κ1) is 14.9. The summed E-state index contributed by atoms with van der Waals surface area (Å²) in [5.74, 6) is 1.17. The quantitative estimate of drug-likeness (QED) is 0.902. The number of aromatic nitrogens is 3. The predicted octanol–water partition coefficient (Wildman–Crippen LogP) is 2.16. The minimum absolute atomic E-state index is 0.261. The van der Waals surface area contributed by atoms with Crippen molar-refractivity contribution in [3.8, 4) is 0 Å². The summed E-state index contributed by atoms with van der Waals surface area (Å²) < 4.78 is 0. The van der Waals surface area contributed by atoms with Crippen LogP contribution in [0.4, 0.5) is 10.6 Å². The normalized spacial score (nSPS) is 10.2. The third kappa shape index (κ3) is 4.24. The van der Waals surface area contributed by atoms with Crippen molar-refractivity contribution >= 4 is 11.8 Å². The lowest BCUT2D eigenvalue weighted by Gasteiger charge is -2.10. The van der Waals surface area contributed by atoms with E-state index < -0.39 is 0 Å². The number of urea groups is 1. The molecule has 0 aromatic carbocycles. The van der Waals surface area contributed by atoms with Crippen LogP contribution in [0.5, 0.6) is 0 Å². The highest BCUT2D eigenvalue weighted by Gasteiger charge is 2.06. The van der Waals surface area contributed by atoms with E-state index in [1.165, 1.54) is 5.56 Å². The molecule has 21 heavy (non-hydrogen) atoms. The predicted molar refractivity (Wildman–Crippen MR) is 81.2 cm³/mol. The summed E-state index contributed by atoms with van der Waals surface area (Å²) in [7, 11) is 0. The number of aryl methyl sites for hydroxylation is 3. The van der Waals surface area contributed by atoms with Gasteiger partial charge in [0.1, 0.15) is 11.6 Å². The highest BCUT2D eigenvalue weighted by Crippen LogP contribution is 2.09. The van der Waals surface area contributed by atoms with Crippen molar-refractivity contribution < 1.29 is 4.79 Å². The van der Waals surface area contributed by atoms with Gasteiger partial charge in [-0.05, 0) is 44.4 Å². The van der Waals surface area contributed by atoms with Crippen molar-refractivity contribution in [3.63, 3.8) is 0 Å². The van der Waals surface area contributed by atoms with Gasteiger partial charge < -0.3 is 5.32 Å². The van der Waals surface area contributed by atoms with Crippen LogP contribution in [-0.4, -0.2) is 27.5 Å². The van der Waals surface area contributed by atoms with Crippen molar-refractivity contribution in [2.75, 3.05) is 11.9 Å². The van der Waals surface area contributed by atoms with Crippen molar-refractivity contribution in [3.05, 3.63) is 47.2 Å². The fourth-order valence-electron chi connectivity index (χ4n) is 1.90. The summed E-state index contributed by atoms with van der Waals surface area (Å²) in [6.07, 6.45) is 6.04. The molecule has 110 valence electrons. The summed E-state index contributed by atoms with van der Waals surface area (Å²) in [5, 5.41) is 5.56. The Morgan fingerprint density at radius 2 is 2.00 bits per heavy atom. The average molecular weight is 285 g/mol. The summed E-state index contributed by atoms with van der Waals surface area (Å²) in [6, 6.07) is 1.70. The summed E-state index contributed by atoms with van der Waals surface area (Å²) in [5.41, 5.74) is 3.14. The maximum Gasteiger partial charge on any atom is 0.320 e. The van der Waals surface area contributed by atoms with Gasteiger partial charge in [-0.2, -0.15) is 0 Å². The van der Waals surface area contributed by atoms with E-state index >= 15 is 0 Å². The number of hydrogen-bond donors (Lipinski definition) is 2. The second-order valence-electron chi connectivity index (χ2n) is 4.88. The fourth-order valence-corrected chi connectivity index (χ4v) is 1.90. The third-order valence-corrected chi connectivity index (χ3v) is 3.14. The number of amides is 2. The van der Waals surface area contributed by atoms with Crippen LogP contribution in [-0.2, 0) is 6.42 Å². The number of nitrogens with one attached hydrogen (secondary N) is 2. The van der Waals surface area contributed by atoms with E-state index in [0.717, 1.165) is 17.5 Å². The molecule has 0 bridgehead atoms. The van der Waals surface area contributed by atoms with Crippen molar-refractivity contribution in [1.29, 1.82) is 0 Å². The smallest absolute Gasteiger partial charge is 0.320 e. The molecule has 0 aliphatic rings. The maximum atomic E-state index is 11.9. The highest BCUT2D eigenvalue weighted by atomic mass is 16.2. The first-order valence-corrected chi connectivity index (χ1v) is 6.81. The van der Waals surface area contributed by atoms with Gasteiger partial charge in [0, 0.05) is 30.7 Å². The molecule has 0 fully saturated rings. The van der Waals surface area contributed by atoms with Crippen molar-refractivity contribution in [2.24, 2.45) is 0 Å². The molecule has 2 N–H and O–H groups in total. The average Bonchev–Trinajstić information content (AvgIpc) is 2.45. The zero-order valence-electron chi connectivity index (χ0n) is 12.5.